The summed E-state index contributed by atoms with van der Waals surface area (Å²) in [4.78, 5) is 0. The largest absolute Gasteiger partial charge is 0.392 e. The fourth-order valence-corrected chi connectivity index (χ4v) is 2.17. The molecule has 0 aliphatic heterocycles. The smallest absolute Gasteiger partial charge is 0.159 e. The van der Waals surface area contributed by atoms with Crippen LogP contribution in [-0.2, 0) is 12.8 Å². The first-order valence-electron chi connectivity index (χ1n) is 6.02. The normalized spacial score (nSPS) is 12.4. The minimum absolute atomic E-state index is 0.0307. The monoisotopic (exact) mass is 300 g/mol. The number of benzene rings is 2. The first-order valence-corrected chi connectivity index (χ1v) is 6.40. The maximum Gasteiger partial charge on any atom is 0.159 e. The van der Waals surface area contributed by atoms with E-state index >= 15 is 0 Å². The molecule has 0 amide bonds. The maximum absolute atomic E-state index is 13.2. The summed E-state index contributed by atoms with van der Waals surface area (Å²) in [5, 5.41) is 9.90. The van der Waals surface area contributed by atoms with Crippen molar-refractivity contribution < 1.29 is 18.3 Å². The molecule has 0 spiro atoms. The minimum Gasteiger partial charge on any atom is -0.392 e. The van der Waals surface area contributed by atoms with Crippen LogP contribution in [0.2, 0.25) is 5.02 Å². The first kappa shape index (κ1) is 14.9. The molecule has 0 heterocycles. The molecular formula is C15H12ClF3O. The molecule has 1 atom stereocenters. The van der Waals surface area contributed by atoms with Gasteiger partial charge in [0, 0.05) is 6.42 Å². The van der Waals surface area contributed by atoms with E-state index < -0.39 is 23.6 Å². The zero-order valence-corrected chi connectivity index (χ0v) is 11.2. The number of hydrogen-bond donors (Lipinski definition) is 1. The van der Waals surface area contributed by atoms with Crippen LogP contribution in [0.3, 0.4) is 0 Å². The van der Waals surface area contributed by atoms with Crippen LogP contribution in [0.1, 0.15) is 11.1 Å². The maximum atomic E-state index is 13.2. The van der Waals surface area contributed by atoms with E-state index in [-0.39, 0.29) is 17.9 Å². The van der Waals surface area contributed by atoms with E-state index in [4.69, 9.17) is 11.6 Å². The summed E-state index contributed by atoms with van der Waals surface area (Å²) in [6.45, 7) is 0. The molecule has 5 heteroatoms. The topological polar surface area (TPSA) is 20.2 Å². The summed E-state index contributed by atoms with van der Waals surface area (Å²) in [5.41, 5.74) is 0.936. The molecule has 2 rings (SSSR count). The second-order valence-electron chi connectivity index (χ2n) is 4.52. The zero-order chi connectivity index (χ0) is 14.7. The second-order valence-corrected chi connectivity index (χ2v) is 4.90. The average molecular weight is 301 g/mol. The van der Waals surface area contributed by atoms with Gasteiger partial charge >= 0.3 is 0 Å². The van der Waals surface area contributed by atoms with Gasteiger partial charge in [-0.15, -0.1) is 0 Å². The Bertz CT molecular complexity index is 616. The van der Waals surface area contributed by atoms with Gasteiger partial charge in [0.2, 0.25) is 0 Å². The van der Waals surface area contributed by atoms with Crippen LogP contribution in [0.25, 0.3) is 0 Å². The van der Waals surface area contributed by atoms with E-state index in [9.17, 15) is 18.3 Å². The Morgan fingerprint density at radius 1 is 0.950 bits per heavy atom. The molecule has 1 nitrogen and oxygen atoms in total. The van der Waals surface area contributed by atoms with Gasteiger partial charge in [0.15, 0.2) is 11.6 Å². The van der Waals surface area contributed by atoms with Gasteiger partial charge in [-0.3, -0.25) is 0 Å². The molecule has 0 bridgehead atoms. The Kier molecular flexibility index (Phi) is 4.68. The van der Waals surface area contributed by atoms with Crippen molar-refractivity contribution in [3.63, 3.8) is 0 Å². The fourth-order valence-electron chi connectivity index (χ4n) is 1.97. The molecule has 1 N–H and O–H groups in total. The number of halogens is 4. The molecule has 1 unspecified atom stereocenters. The highest BCUT2D eigenvalue weighted by molar-refractivity contribution is 6.31. The van der Waals surface area contributed by atoms with Crippen molar-refractivity contribution in [1.29, 1.82) is 0 Å². The number of hydrogen-bond acceptors (Lipinski definition) is 1. The summed E-state index contributed by atoms with van der Waals surface area (Å²) in [5.74, 6) is -2.45. The van der Waals surface area contributed by atoms with Crippen LogP contribution in [0.15, 0.2) is 36.4 Å². The van der Waals surface area contributed by atoms with E-state index in [0.717, 1.165) is 12.1 Å². The van der Waals surface area contributed by atoms with Gasteiger partial charge in [-0.1, -0.05) is 29.8 Å². The van der Waals surface area contributed by atoms with Crippen LogP contribution in [0, 0.1) is 17.5 Å². The number of rotatable bonds is 4. The van der Waals surface area contributed by atoms with Crippen LogP contribution >= 0.6 is 11.6 Å². The summed E-state index contributed by atoms with van der Waals surface area (Å²) >= 11 is 5.79. The van der Waals surface area contributed by atoms with Crippen molar-refractivity contribution in [2.45, 2.75) is 18.9 Å². The quantitative estimate of drug-likeness (QED) is 0.908. The molecule has 20 heavy (non-hydrogen) atoms. The van der Waals surface area contributed by atoms with Gasteiger partial charge < -0.3 is 5.11 Å². The Morgan fingerprint density at radius 2 is 1.70 bits per heavy atom. The highest BCUT2D eigenvalue weighted by Crippen LogP contribution is 2.22. The molecule has 0 aromatic heterocycles. The van der Waals surface area contributed by atoms with Crippen molar-refractivity contribution in [2.75, 3.05) is 0 Å². The van der Waals surface area contributed by atoms with Crippen molar-refractivity contribution in [3.05, 3.63) is 70.0 Å². The molecule has 2 aromatic carbocycles. The van der Waals surface area contributed by atoms with Gasteiger partial charge in [-0.25, -0.2) is 13.2 Å². The Labute approximate surface area is 119 Å². The van der Waals surface area contributed by atoms with Crippen LogP contribution in [-0.4, -0.2) is 11.2 Å². The lowest BCUT2D eigenvalue weighted by atomic mass is 10.0. The highest BCUT2D eigenvalue weighted by atomic mass is 35.5. The minimum atomic E-state index is -0.960. The Balaban J connectivity index is 2.07. The van der Waals surface area contributed by atoms with E-state index in [1.54, 1.807) is 6.07 Å². The molecular weight excluding hydrogens is 289 g/mol. The van der Waals surface area contributed by atoms with Gasteiger partial charge in [0.1, 0.15) is 5.82 Å². The van der Waals surface area contributed by atoms with E-state index in [1.807, 2.05) is 0 Å². The summed E-state index contributed by atoms with van der Waals surface area (Å²) < 4.78 is 39.1. The molecule has 0 fully saturated rings. The second kappa shape index (κ2) is 6.29. The van der Waals surface area contributed by atoms with Crippen LogP contribution in [0.5, 0.6) is 0 Å². The van der Waals surface area contributed by atoms with Crippen molar-refractivity contribution in [1.82, 2.24) is 0 Å². The third-order valence-corrected chi connectivity index (χ3v) is 3.37. The lowest BCUT2D eigenvalue weighted by molar-refractivity contribution is 0.175. The van der Waals surface area contributed by atoms with E-state index in [2.05, 4.69) is 0 Å². The predicted molar refractivity (Wildman–Crippen MR) is 71.2 cm³/mol. The standard InChI is InChI=1S/C15H12ClF3O/c16-15-10(2-1-3-13(15)18)8-11(20)6-9-4-5-12(17)14(19)7-9/h1-5,7,11,20H,6,8H2. The van der Waals surface area contributed by atoms with Gasteiger partial charge in [0.05, 0.1) is 11.1 Å². The molecule has 2 aromatic rings. The van der Waals surface area contributed by atoms with Crippen molar-refractivity contribution in [3.8, 4) is 0 Å². The summed E-state index contributed by atoms with van der Waals surface area (Å²) in [7, 11) is 0. The summed E-state index contributed by atoms with van der Waals surface area (Å²) in [6, 6.07) is 7.78. The third kappa shape index (κ3) is 3.52. The molecule has 0 saturated heterocycles. The molecule has 0 radical (unpaired) electrons. The van der Waals surface area contributed by atoms with Crippen molar-refractivity contribution in [2.24, 2.45) is 0 Å². The van der Waals surface area contributed by atoms with Gasteiger partial charge in [0.25, 0.3) is 0 Å². The number of aliphatic hydroxyl groups excluding tert-OH is 1. The van der Waals surface area contributed by atoms with Crippen LogP contribution < -0.4 is 0 Å². The van der Waals surface area contributed by atoms with Crippen LogP contribution in [0.4, 0.5) is 13.2 Å². The third-order valence-electron chi connectivity index (χ3n) is 2.94. The molecule has 106 valence electrons. The highest BCUT2D eigenvalue weighted by Gasteiger charge is 2.13. The zero-order valence-electron chi connectivity index (χ0n) is 10.4. The molecule has 0 saturated carbocycles. The summed E-state index contributed by atoms with van der Waals surface area (Å²) in [6.07, 6.45) is -0.598. The average Bonchev–Trinajstić information content (AvgIpc) is 2.39. The lowest BCUT2D eigenvalue weighted by Crippen LogP contribution is -2.14. The van der Waals surface area contributed by atoms with Crippen molar-refractivity contribution >= 4 is 11.6 Å². The van der Waals surface area contributed by atoms with Gasteiger partial charge in [-0.05, 0) is 35.7 Å². The Hall–Kier alpha value is -1.52. The lowest BCUT2D eigenvalue weighted by Gasteiger charge is -2.12. The fraction of sp³-hybridized carbons (Fsp3) is 0.200. The van der Waals surface area contributed by atoms with E-state index in [1.165, 1.54) is 18.2 Å². The van der Waals surface area contributed by atoms with Gasteiger partial charge in [-0.2, -0.15) is 0 Å². The SMILES string of the molecule is OC(Cc1ccc(F)c(F)c1)Cc1cccc(F)c1Cl. The first-order chi connectivity index (χ1) is 9.47. The Morgan fingerprint density at radius 3 is 2.40 bits per heavy atom. The van der Waals surface area contributed by atoms with E-state index in [0.29, 0.717) is 11.1 Å². The number of aliphatic hydroxyl groups is 1. The predicted octanol–water partition coefficient (Wildman–Crippen LogP) is 3.90. The molecule has 0 aliphatic carbocycles. The molecule has 0 aliphatic rings.